The van der Waals surface area contributed by atoms with E-state index in [1.165, 1.54) is 0 Å². The normalized spacial score (nSPS) is 24.9. The molecule has 1 heterocycles. The number of nitrogens with one attached hydrogen (secondary N) is 1. The van der Waals surface area contributed by atoms with Crippen molar-refractivity contribution < 1.29 is 18.7 Å². The standard InChI is InChI=1S/C15H26F2N2O2/c16-15(17)6-2-12(3-7-15)14(21)18-8-1-9-19-10-4-13(20)5-11-19/h12-13,20H,1-11H2,(H,18,21). The van der Waals surface area contributed by atoms with E-state index in [-0.39, 0.29) is 30.8 Å². The topological polar surface area (TPSA) is 52.6 Å². The van der Waals surface area contributed by atoms with Gasteiger partial charge in [-0.3, -0.25) is 4.79 Å². The lowest BCUT2D eigenvalue weighted by Gasteiger charge is -2.29. The lowest BCUT2D eigenvalue weighted by atomic mass is 9.86. The first-order chi connectivity index (χ1) is 9.96. The molecule has 1 saturated carbocycles. The van der Waals surface area contributed by atoms with Crippen molar-refractivity contribution in [2.75, 3.05) is 26.2 Å². The molecule has 1 aliphatic heterocycles. The van der Waals surface area contributed by atoms with Crippen LogP contribution in [0.1, 0.15) is 44.9 Å². The predicted octanol–water partition coefficient (Wildman–Crippen LogP) is 1.77. The van der Waals surface area contributed by atoms with Gasteiger partial charge in [-0.2, -0.15) is 0 Å². The van der Waals surface area contributed by atoms with Crippen LogP contribution in [0, 0.1) is 5.92 Å². The smallest absolute Gasteiger partial charge is 0.248 e. The van der Waals surface area contributed by atoms with E-state index >= 15 is 0 Å². The number of alkyl halides is 2. The van der Waals surface area contributed by atoms with Gasteiger partial charge in [0.1, 0.15) is 0 Å². The van der Waals surface area contributed by atoms with E-state index in [1.54, 1.807) is 0 Å². The first-order valence-corrected chi connectivity index (χ1v) is 8.02. The molecule has 0 aromatic rings. The van der Waals surface area contributed by atoms with Crippen LogP contribution in [0.15, 0.2) is 0 Å². The Labute approximate surface area is 124 Å². The van der Waals surface area contributed by atoms with Crippen LogP contribution in [0.4, 0.5) is 8.78 Å². The Morgan fingerprint density at radius 1 is 1.19 bits per heavy atom. The lowest BCUT2D eigenvalue weighted by Crippen LogP contribution is -2.39. The third kappa shape index (κ3) is 5.51. The maximum absolute atomic E-state index is 13.0. The van der Waals surface area contributed by atoms with Crippen molar-refractivity contribution in [1.82, 2.24) is 10.2 Å². The average molecular weight is 304 g/mol. The molecule has 0 bridgehead atoms. The first kappa shape index (κ1) is 16.6. The molecule has 0 aromatic heterocycles. The molecule has 1 aliphatic carbocycles. The molecule has 2 N–H and O–H groups in total. The number of halogens is 2. The number of rotatable bonds is 5. The summed E-state index contributed by atoms with van der Waals surface area (Å²) in [4.78, 5) is 14.2. The quantitative estimate of drug-likeness (QED) is 0.761. The number of likely N-dealkylation sites (tertiary alicyclic amines) is 1. The molecule has 0 aromatic carbocycles. The zero-order valence-electron chi connectivity index (χ0n) is 12.5. The summed E-state index contributed by atoms with van der Waals surface area (Å²) in [6.07, 6.45) is 2.61. The van der Waals surface area contributed by atoms with Crippen LogP contribution < -0.4 is 5.32 Å². The van der Waals surface area contributed by atoms with Gasteiger partial charge in [-0.25, -0.2) is 8.78 Å². The van der Waals surface area contributed by atoms with Crippen molar-refractivity contribution >= 4 is 5.91 Å². The van der Waals surface area contributed by atoms with Gasteiger partial charge < -0.3 is 15.3 Å². The van der Waals surface area contributed by atoms with Gasteiger partial charge >= 0.3 is 0 Å². The fourth-order valence-corrected chi connectivity index (χ4v) is 3.10. The second-order valence-electron chi connectivity index (χ2n) is 6.35. The van der Waals surface area contributed by atoms with E-state index in [0.717, 1.165) is 38.9 Å². The van der Waals surface area contributed by atoms with Crippen molar-refractivity contribution in [2.24, 2.45) is 5.92 Å². The number of carbonyl (C=O) groups excluding carboxylic acids is 1. The first-order valence-electron chi connectivity index (χ1n) is 8.02. The summed E-state index contributed by atoms with van der Waals surface area (Å²) in [5, 5.41) is 12.3. The zero-order chi connectivity index (χ0) is 15.3. The van der Waals surface area contributed by atoms with Crippen LogP contribution >= 0.6 is 0 Å². The zero-order valence-corrected chi connectivity index (χ0v) is 12.5. The minimum Gasteiger partial charge on any atom is -0.393 e. The number of amides is 1. The molecule has 2 fully saturated rings. The Kier molecular flexibility index (Phi) is 5.93. The number of carbonyl (C=O) groups is 1. The van der Waals surface area contributed by atoms with Crippen LogP contribution in [0.3, 0.4) is 0 Å². The van der Waals surface area contributed by atoms with E-state index in [9.17, 15) is 18.7 Å². The van der Waals surface area contributed by atoms with Gasteiger partial charge in [0.2, 0.25) is 11.8 Å². The predicted molar refractivity (Wildman–Crippen MR) is 76.2 cm³/mol. The van der Waals surface area contributed by atoms with Crippen molar-refractivity contribution in [2.45, 2.75) is 57.0 Å². The van der Waals surface area contributed by atoms with Crippen molar-refractivity contribution in [3.8, 4) is 0 Å². The summed E-state index contributed by atoms with van der Waals surface area (Å²) in [6, 6.07) is 0. The van der Waals surface area contributed by atoms with Crippen LogP contribution in [0.2, 0.25) is 0 Å². The fraction of sp³-hybridized carbons (Fsp3) is 0.933. The van der Waals surface area contributed by atoms with Gasteiger partial charge in [0, 0.05) is 38.4 Å². The van der Waals surface area contributed by atoms with Crippen molar-refractivity contribution in [3.05, 3.63) is 0 Å². The number of aliphatic hydroxyl groups is 1. The molecule has 122 valence electrons. The van der Waals surface area contributed by atoms with Gasteiger partial charge in [0.25, 0.3) is 0 Å². The van der Waals surface area contributed by atoms with Gasteiger partial charge in [0.15, 0.2) is 0 Å². The molecule has 2 aliphatic rings. The summed E-state index contributed by atoms with van der Waals surface area (Å²) in [5.74, 6) is -2.88. The van der Waals surface area contributed by atoms with Crippen LogP contribution in [0.5, 0.6) is 0 Å². The number of hydrogen-bond acceptors (Lipinski definition) is 3. The van der Waals surface area contributed by atoms with E-state index in [4.69, 9.17) is 0 Å². The van der Waals surface area contributed by atoms with Gasteiger partial charge in [-0.05, 0) is 38.6 Å². The third-order valence-corrected chi connectivity index (χ3v) is 4.60. The maximum Gasteiger partial charge on any atom is 0.248 e. The number of hydrogen-bond donors (Lipinski definition) is 2. The van der Waals surface area contributed by atoms with E-state index in [2.05, 4.69) is 10.2 Å². The third-order valence-electron chi connectivity index (χ3n) is 4.60. The molecular formula is C15H26F2N2O2. The molecule has 2 rings (SSSR count). The minimum absolute atomic E-state index is 0.0698. The highest BCUT2D eigenvalue weighted by Crippen LogP contribution is 2.36. The summed E-state index contributed by atoms with van der Waals surface area (Å²) in [7, 11) is 0. The number of aliphatic hydroxyl groups excluding tert-OH is 1. The highest BCUT2D eigenvalue weighted by atomic mass is 19.3. The summed E-state index contributed by atoms with van der Waals surface area (Å²) in [6.45, 7) is 3.33. The van der Waals surface area contributed by atoms with Crippen LogP contribution in [-0.4, -0.2) is 54.1 Å². The second-order valence-corrected chi connectivity index (χ2v) is 6.35. The van der Waals surface area contributed by atoms with Gasteiger partial charge in [-0.1, -0.05) is 0 Å². The Hall–Kier alpha value is -0.750. The Morgan fingerprint density at radius 3 is 2.43 bits per heavy atom. The second kappa shape index (κ2) is 7.49. The Bertz CT molecular complexity index is 335. The molecule has 0 unspecified atom stereocenters. The van der Waals surface area contributed by atoms with Crippen LogP contribution in [0.25, 0.3) is 0 Å². The molecule has 4 nitrogen and oxygen atoms in total. The van der Waals surface area contributed by atoms with E-state index in [0.29, 0.717) is 19.4 Å². The Morgan fingerprint density at radius 2 is 1.81 bits per heavy atom. The van der Waals surface area contributed by atoms with Gasteiger partial charge in [-0.15, -0.1) is 0 Å². The largest absolute Gasteiger partial charge is 0.393 e. The van der Waals surface area contributed by atoms with Crippen molar-refractivity contribution in [1.29, 1.82) is 0 Å². The van der Waals surface area contributed by atoms with Crippen molar-refractivity contribution in [3.63, 3.8) is 0 Å². The lowest BCUT2D eigenvalue weighted by molar-refractivity contribution is -0.129. The van der Waals surface area contributed by atoms with Crippen LogP contribution in [-0.2, 0) is 4.79 Å². The maximum atomic E-state index is 13.0. The SMILES string of the molecule is O=C(NCCCN1CCC(O)CC1)C1CCC(F)(F)CC1. The van der Waals surface area contributed by atoms with E-state index < -0.39 is 5.92 Å². The minimum atomic E-state index is -2.57. The van der Waals surface area contributed by atoms with Gasteiger partial charge in [0.05, 0.1) is 6.10 Å². The summed E-state index contributed by atoms with van der Waals surface area (Å²) in [5.41, 5.74) is 0. The molecule has 0 spiro atoms. The summed E-state index contributed by atoms with van der Waals surface area (Å²) < 4.78 is 26.1. The average Bonchev–Trinajstić information content (AvgIpc) is 2.45. The molecule has 0 atom stereocenters. The monoisotopic (exact) mass is 304 g/mol. The number of piperidine rings is 1. The number of nitrogens with zero attached hydrogens (tertiary/aromatic N) is 1. The fourth-order valence-electron chi connectivity index (χ4n) is 3.10. The van der Waals surface area contributed by atoms with E-state index in [1.807, 2.05) is 0 Å². The molecular weight excluding hydrogens is 278 g/mol. The molecule has 1 amide bonds. The highest BCUT2D eigenvalue weighted by molar-refractivity contribution is 5.78. The highest BCUT2D eigenvalue weighted by Gasteiger charge is 2.37. The molecule has 21 heavy (non-hydrogen) atoms. The summed E-state index contributed by atoms with van der Waals surface area (Å²) >= 11 is 0. The Balaban J connectivity index is 1.55. The molecule has 1 saturated heterocycles. The molecule has 0 radical (unpaired) electrons. The molecule has 6 heteroatoms.